The maximum atomic E-state index is 12.3. The van der Waals surface area contributed by atoms with Gasteiger partial charge in [-0.1, -0.05) is 13.8 Å². The van der Waals surface area contributed by atoms with Gasteiger partial charge in [-0.2, -0.15) is 0 Å². The van der Waals surface area contributed by atoms with Crippen molar-refractivity contribution in [3.05, 3.63) is 0 Å². The second-order valence-electron chi connectivity index (χ2n) is 6.23. The fourth-order valence-corrected chi connectivity index (χ4v) is 3.25. The van der Waals surface area contributed by atoms with Crippen molar-refractivity contribution < 1.29 is 4.79 Å². The van der Waals surface area contributed by atoms with Crippen molar-refractivity contribution in [3.63, 3.8) is 0 Å². The average Bonchev–Trinajstić information content (AvgIpc) is 2.42. The summed E-state index contributed by atoms with van der Waals surface area (Å²) in [5, 5.41) is 0. The first-order valence-corrected chi connectivity index (χ1v) is 7.89. The highest BCUT2D eigenvalue weighted by Crippen LogP contribution is 2.32. The fourth-order valence-electron chi connectivity index (χ4n) is 3.25. The summed E-state index contributed by atoms with van der Waals surface area (Å²) in [7, 11) is 0. The van der Waals surface area contributed by atoms with E-state index in [1.807, 2.05) is 4.90 Å². The average molecular weight is 267 g/mol. The number of piperidine rings is 1. The van der Waals surface area contributed by atoms with Gasteiger partial charge in [0.15, 0.2) is 0 Å². The molecule has 0 bridgehead atoms. The van der Waals surface area contributed by atoms with Crippen molar-refractivity contribution in [1.29, 1.82) is 0 Å². The molecule has 1 amide bonds. The predicted molar refractivity (Wildman–Crippen MR) is 77.9 cm³/mol. The molecule has 19 heavy (non-hydrogen) atoms. The van der Waals surface area contributed by atoms with E-state index >= 15 is 0 Å². The van der Waals surface area contributed by atoms with E-state index in [0.717, 1.165) is 64.2 Å². The van der Waals surface area contributed by atoms with Crippen LogP contribution in [0.4, 0.5) is 0 Å². The summed E-state index contributed by atoms with van der Waals surface area (Å²) in [4.78, 5) is 16.8. The van der Waals surface area contributed by atoms with Crippen molar-refractivity contribution in [2.45, 2.75) is 51.5 Å². The molecule has 4 nitrogen and oxygen atoms in total. The normalized spacial score (nSPS) is 23.5. The van der Waals surface area contributed by atoms with Crippen molar-refractivity contribution in [3.8, 4) is 0 Å². The van der Waals surface area contributed by atoms with Crippen LogP contribution in [0, 0.1) is 5.92 Å². The van der Waals surface area contributed by atoms with E-state index in [1.54, 1.807) is 0 Å². The van der Waals surface area contributed by atoms with Crippen LogP contribution in [0.3, 0.4) is 0 Å². The van der Waals surface area contributed by atoms with Crippen LogP contribution < -0.4 is 5.73 Å². The molecule has 0 spiro atoms. The topological polar surface area (TPSA) is 49.6 Å². The van der Waals surface area contributed by atoms with Gasteiger partial charge in [-0.15, -0.1) is 0 Å². The van der Waals surface area contributed by atoms with Crippen LogP contribution >= 0.6 is 0 Å². The standard InChI is InChI=1S/C15H29N3O/c1-3-17(4-2)12-13-6-10-18(11-7-13)14(19)15(16)8-5-9-15/h13H,3-12,16H2,1-2H3. The fraction of sp³-hybridized carbons (Fsp3) is 0.933. The molecule has 2 fully saturated rings. The Kier molecular flexibility index (Phi) is 4.85. The number of carbonyl (C=O) groups is 1. The van der Waals surface area contributed by atoms with E-state index in [-0.39, 0.29) is 5.91 Å². The Bertz CT molecular complexity index is 303. The number of hydrogen-bond donors (Lipinski definition) is 1. The third kappa shape index (κ3) is 3.29. The lowest BCUT2D eigenvalue weighted by molar-refractivity contribution is -0.141. The molecule has 1 saturated heterocycles. The van der Waals surface area contributed by atoms with Crippen LogP contribution in [0.1, 0.15) is 46.0 Å². The SMILES string of the molecule is CCN(CC)CC1CCN(C(=O)C2(N)CCC2)CC1. The molecule has 2 rings (SSSR count). The minimum absolute atomic E-state index is 0.208. The Morgan fingerprint density at radius 1 is 1.26 bits per heavy atom. The molecular weight excluding hydrogens is 238 g/mol. The zero-order valence-electron chi connectivity index (χ0n) is 12.5. The van der Waals surface area contributed by atoms with Gasteiger partial charge >= 0.3 is 0 Å². The molecule has 0 aromatic carbocycles. The van der Waals surface area contributed by atoms with Crippen LogP contribution in [0.2, 0.25) is 0 Å². The molecular formula is C15H29N3O. The van der Waals surface area contributed by atoms with Gasteiger partial charge in [-0.3, -0.25) is 4.79 Å². The van der Waals surface area contributed by atoms with E-state index in [1.165, 1.54) is 6.54 Å². The zero-order valence-corrected chi connectivity index (χ0v) is 12.5. The molecule has 1 aliphatic heterocycles. The Morgan fingerprint density at radius 3 is 2.26 bits per heavy atom. The lowest BCUT2D eigenvalue weighted by atomic mass is 9.76. The summed E-state index contributed by atoms with van der Waals surface area (Å²) in [5.41, 5.74) is 5.63. The first kappa shape index (κ1) is 14.8. The summed E-state index contributed by atoms with van der Waals surface area (Å²) in [6.07, 6.45) is 5.15. The molecule has 1 saturated carbocycles. The highest BCUT2D eigenvalue weighted by molar-refractivity contribution is 5.87. The summed E-state index contributed by atoms with van der Waals surface area (Å²) in [6, 6.07) is 0. The van der Waals surface area contributed by atoms with E-state index < -0.39 is 5.54 Å². The lowest BCUT2D eigenvalue weighted by Gasteiger charge is -2.43. The Labute approximate surface area is 117 Å². The summed E-state index contributed by atoms with van der Waals surface area (Å²) in [6.45, 7) is 9.69. The largest absolute Gasteiger partial charge is 0.341 e. The maximum Gasteiger partial charge on any atom is 0.242 e. The number of nitrogens with zero attached hydrogens (tertiary/aromatic N) is 2. The van der Waals surface area contributed by atoms with E-state index in [2.05, 4.69) is 18.7 Å². The van der Waals surface area contributed by atoms with Crippen molar-refractivity contribution in [2.24, 2.45) is 11.7 Å². The highest BCUT2D eigenvalue weighted by atomic mass is 16.2. The van der Waals surface area contributed by atoms with Gasteiger partial charge in [0.1, 0.15) is 0 Å². The van der Waals surface area contributed by atoms with Crippen LogP contribution in [0.25, 0.3) is 0 Å². The number of likely N-dealkylation sites (tertiary alicyclic amines) is 1. The Morgan fingerprint density at radius 2 is 1.84 bits per heavy atom. The third-order valence-electron chi connectivity index (χ3n) is 4.98. The molecule has 0 atom stereocenters. The van der Waals surface area contributed by atoms with E-state index in [4.69, 9.17) is 5.73 Å². The number of nitrogens with two attached hydrogens (primary N) is 1. The number of hydrogen-bond acceptors (Lipinski definition) is 3. The van der Waals surface area contributed by atoms with Crippen LogP contribution in [-0.4, -0.2) is 54.0 Å². The van der Waals surface area contributed by atoms with Crippen molar-refractivity contribution in [2.75, 3.05) is 32.7 Å². The lowest BCUT2D eigenvalue weighted by Crippen LogP contribution is -2.60. The summed E-state index contributed by atoms with van der Waals surface area (Å²) in [5.74, 6) is 0.958. The second kappa shape index (κ2) is 6.23. The smallest absolute Gasteiger partial charge is 0.242 e. The van der Waals surface area contributed by atoms with E-state index in [0.29, 0.717) is 0 Å². The maximum absolute atomic E-state index is 12.3. The van der Waals surface area contributed by atoms with Gasteiger partial charge in [0, 0.05) is 19.6 Å². The van der Waals surface area contributed by atoms with Crippen molar-refractivity contribution in [1.82, 2.24) is 9.80 Å². The molecule has 4 heteroatoms. The predicted octanol–water partition coefficient (Wildman–Crippen LogP) is 1.45. The third-order valence-corrected chi connectivity index (χ3v) is 4.98. The molecule has 110 valence electrons. The molecule has 2 aliphatic rings. The summed E-state index contributed by atoms with van der Waals surface area (Å²) >= 11 is 0. The first-order chi connectivity index (χ1) is 9.09. The van der Waals surface area contributed by atoms with Crippen LogP contribution in [-0.2, 0) is 4.79 Å². The number of carbonyl (C=O) groups excluding carboxylic acids is 1. The molecule has 1 heterocycles. The quantitative estimate of drug-likeness (QED) is 0.820. The molecule has 2 N–H and O–H groups in total. The van der Waals surface area contributed by atoms with E-state index in [9.17, 15) is 4.79 Å². The van der Waals surface area contributed by atoms with Gasteiger partial charge in [0.2, 0.25) is 5.91 Å². The minimum Gasteiger partial charge on any atom is -0.341 e. The van der Waals surface area contributed by atoms with Gasteiger partial charge < -0.3 is 15.5 Å². The number of amides is 1. The Balaban J connectivity index is 1.77. The number of rotatable bonds is 5. The van der Waals surface area contributed by atoms with Crippen molar-refractivity contribution >= 4 is 5.91 Å². The highest BCUT2D eigenvalue weighted by Gasteiger charge is 2.43. The van der Waals surface area contributed by atoms with Crippen LogP contribution in [0.5, 0.6) is 0 Å². The first-order valence-electron chi connectivity index (χ1n) is 7.89. The molecule has 0 unspecified atom stereocenters. The Hall–Kier alpha value is -0.610. The summed E-state index contributed by atoms with van der Waals surface area (Å²) < 4.78 is 0. The van der Waals surface area contributed by atoms with Crippen LogP contribution in [0.15, 0.2) is 0 Å². The zero-order chi connectivity index (χ0) is 13.9. The molecule has 0 aromatic rings. The van der Waals surface area contributed by atoms with Gasteiger partial charge in [-0.25, -0.2) is 0 Å². The van der Waals surface area contributed by atoms with Gasteiger partial charge in [0.05, 0.1) is 5.54 Å². The monoisotopic (exact) mass is 267 g/mol. The van der Waals surface area contributed by atoms with Gasteiger partial charge in [-0.05, 0) is 51.1 Å². The molecule has 0 aromatic heterocycles. The van der Waals surface area contributed by atoms with Gasteiger partial charge in [0.25, 0.3) is 0 Å². The second-order valence-corrected chi connectivity index (χ2v) is 6.23. The molecule has 1 aliphatic carbocycles. The minimum atomic E-state index is -0.508. The molecule has 0 radical (unpaired) electrons.